The van der Waals surface area contributed by atoms with Gasteiger partial charge in [-0.05, 0) is 28.4 Å². The van der Waals surface area contributed by atoms with Gasteiger partial charge in [-0.15, -0.1) is 0 Å². The lowest BCUT2D eigenvalue weighted by molar-refractivity contribution is -0.142. The van der Waals surface area contributed by atoms with Crippen LogP contribution in [0.15, 0.2) is 16.7 Å². The van der Waals surface area contributed by atoms with Gasteiger partial charge in [0.25, 0.3) is 0 Å². The first-order valence-electron chi connectivity index (χ1n) is 5.11. The van der Waals surface area contributed by atoms with Crippen molar-refractivity contribution in [3.8, 4) is 0 Å². The normalized spacial score (nSPS) is 14.3. The second kappa shape index (κ2) is 5.56. The number of halogens is 7. The molecular weight excluding hydrogens is 342 g/mol. The maximum Gasteiger partial charge on any atom is 0.417 e. The predicted octanol–water partition coefficient (Wildman–Crippen LogP) is 4.62. The van der Waals surface area contributed by atoms with Gasteiger partial charge in [0.2, 0.25) is 0 Å². The van der Waals surface area contributed by atoms with Gasteiger partial charge in [0.05, 0.1) is 5.56 Å². The van der Waals surface area contributed by atoms with E-state index < -0.39 is 29.8 Å². The topological polar surface area (TPSA) is 24.9 Å². The van der Waals surface area contributed by atoms with Crippen LogP contribution in [0.2, 0.25) is 0 Å². The fraction of sp³-hybridized carbons (Fsp3) is 0.500. The number of pyridine rings is 1. The first-order chi connectivity index (χ1) is 8.55. The quantitative estimate of drug-likeness (QED) is 0.805. The first kappa shape index (κ1) is 16.1. The summed E-state index contributed by atoms with van der Waals surface area (Å²) in [6.07, 6.45) is -8.73. The Bertz CT molecular complexity index is 443. The summed E-state index contributed by atoms with van der Waals surface area (Å²) in [6, 6.07) is -1.40. The Morgan fingerprint density at radius 1 is 1.26 bits per heavy atom. The molecule has 0 bridgehead atoms. The van der Waals surface area contributed by atoms with E-state index in [-0.39, 0.29) is 10.9 Å². The van der Waals surface area contributed by atoms with Crippen LogP contribution in [0.1, 0.15) is 18.9 Å². The van der Waals surface area contributed by atoms with Crippen molar-refractivity contribution < 1.29 is 26.3 Å². The molecule has 1 rings (SSSR count). The predicted molar refractivity (Wildman–Crippen MR) is 60.7 cm³/mol. The lowest BCUT2D eigenvalue weighted by Crippen LogP contribution is -2.35. The smallest absolute Gasteiger partial charge is 0.359 e. The molecule has 0 fully saturated rings. The zero-order valence-corrected chi connectivity index (χ0v) is 11.1. The molecule has 19 heavy (non-hydrogen) atoms. The molecule has 2 nitrogen and oxygen atoms in total. The van der Waals surface area contributed by atoms with Crippen LogP contribution in [0.25, 0.3) is 0 Å². The lowest BCUT2D eigenvalue weighted by Gasteiger charge is -2.21. The second-order valence-corrected chi connectivity index (χ2v) is 4.55. The number of alkyl halides is 6. The third-order valence-electron chi connectivity index (χ3n) is 2.29. The molecule has 0 radical (unpaired) electrons. The van der Waals surface area contributed by atoms with E-state index >= 15 is 0 Å². The molecule has 0 saturated heterocycles. The summed E-state index contributed by atoms with van der Waals surface area (Å²) in [4.78, 5) is 3.50. The van der Waals surface area contributed by atoms with Gasteiger partial charge in [0, 0.05) is 10.7 Å². The van der Waals surface area contributed by atoms with E-state index in [0.29, 0.717) is 6.07 Å². The largest absolute Gasteiger partial charge is 0.417 e. The van der Waals surface area contributed by atoms with Crippen LogP contribution in [0, 0.1) is 0 Å². The van der Waals surface area contributed by atoms with Crippen molar-refractivity contribution in [3.63, 3.8) is 0 Å². The van der Waals surface area contributed by atoms with Crippen LogP contribution in [-0.2, 0) is 6.18 Å². The molecule has 1 aromatic rings. The Kier molecular flexibility index (Phi) is 4.70. The number of hydrogen-bond donors (Lipinski definition) is 1. The van der Waals surface area contributed by atoms with E-state index in [1.165, 1.54) is 6.92 Å². The Morgan fingerprint density at radius 3 is 2.26 bits per heavy atom. The van der Waals surface area contributed by atoms with Crippen molar-refractivity contribution in [1.82, 2.24) is 4.98 Å². The summed E-state index contributed by atoms with van der Waals surface area (Å²) < 4.78 is 74.9. The SMILES string of the molecule is CCC(Nc1cc(C(F)(F)F)c(Br)cn1)C(F)(F)F. The molecule has 1 heterocycles. The highest BCUT2D eigenvalue weighted by atomic mass is 79.9. The molecule has 0 aromatic carbocycles. The summed E-state index contributed by atoms with van der Waals surface area (Å²) in [6.45, 7) is 1.27. The minimum absolute atomic E-state index is 0.317. The van der Waals surface area contributed by atoms with Crippen molar-refractivity contribution in [2.75, 3.05) is 5.32 Å². The van der Waals surface area contributed by atoms with Gasteiger partial charge >= 0.3 is 12.4 Å². The maximum atomic E-state index is 12.6. The van der Waals surface area contributed by atoms with Gasteiger partial charge in [-0.1, -0.05) is 6.92 Å². The van der Waals surface area contributed by atoms with Crippen LogP contribution in [0.4, 0.5) is 32.2 Å². The zero-order chi connectivity index (χ0) is 14.8. The number of nitrogens with one attached hydrogen (secondary N) is 1. The van der Waals surface area contributed by atoms with Crippen molar-refractivity contribution in [3.05, 3.63) is 22.3 Å². The van der Waals surface area contributed by atoms with E-state index in [9.17, 15) is 26.3 Å². The number of rotatable bonds is 3. The van der Waals surface area contributed by atoms with Crippen LogP contribution in [-0.4, -0.2) is 17.2 Å². The standard InChI is InChI=1S/C10H9BrF6N2/c1-2-7(10(15,16)17)19-8-3-5(9(12,13)14)6(11)4-18-8/h3-4,7H,2H2,1H3,(H,18,19). The van der Waals surface area contributed by atoms with Crippen molar-refractivity contribution in [1.29, 1.82) is 0 Å². The minimum Gasteiger partial charge on any atom is -0.359 e. The Balaban J connectivity index is 3.04. The average molecular weight is 351 g/mol. The molecule has 0 aliphatic heterocycles. The molecule has 1 unspecified atom stereocenters. The highest BCUT2D eigenvalue weighted by molar-refractivity contribution is 9.10. The van der Waals surface area contributed by atoms with Gasteiger partial charge in [-0.2, -0.15) is 26.3 Å². The van der Waals surface area contributed by atoms with E-state index in [1.807, 2.05) is 5.32 Å². The highest BCUT2D eigenvalue weighted by Gasteiger charge is 2.39. The molecule has 0 aliphatic carbocycles. The molecule has 0 amide bonds. The van der Waals surface area contributed by atoms with Crippen LogP contribution in [0.5, 0.6) is 0 Å². The fourth-order valence-corrected chi connectivity index (χ4v) is 1.77. The van der Waals surface area contributed by atoms with Gasteiger partial charge < -0.3 is 5.32 Å². The summed E-state index contributed by atoms with van der Waals surface area (Å²) in [7, 11) is 0. The summed E-state index contributed by atoms with van der Waals surface area (Å²) >= 11 is 2.66. The summed E-state index contributed by atoms with van der Waals surface area (Å²) in [5.74, 6) is -0.472. The number of aromatic nitrogens is 1. The Labute approximate surface area is 113 Å². The van der Waals surface area contributed by atoms with E-state index in [2.05, 4.69) is 20.9 Å². The van der Waals surface area contributed by atoms with Gasteiger partial charge in [0.15, 0.2) is 0 Å². The van der Waals surface area contributed by atoms with Crippen LogP contribution in [0.3, 0.4) is 0 Å². The lowest BCUT2D eigenvalue weighted by atomic mass is 10.2. The molecule has 0 aliphatic rings. The summed E-state index contributed by atoms with van der Waals surface area (Å²) in [5, 5.41) is 1.95. The van der Waals surface area contributed by atoms with E-state index in [4.69, 9.17) is 0 Å². The molecule has 1 aromatic heterocycles. The van der Waals surface area contributed by atoms with E-state index in [0.717, 1.165) is 6.20 Å². The first-order valence-corrected chi connectivity index (χ1v) is 5.91. The summed E-state index contributed by atoms with van der Waals surface area (Å²) in [5.41, 5.74) is -1.08. The van der Waals surface area contributed by atoms with Crippen LogP contribution >= 0.6 is 15.9 Å². The number of anilines is 1. The van der Waals surface area contributed by atoms with Gasteiger partial charge in [-0.3, -0.25) is 0 Å². The second-order valence-electron chi connectivity index (χ2n) is 3.69. The van der Waals surface area contributed by atoms with Gasteiger partial charge in [-0.25, -0.2) is 4.98 Å². The zero-order valence-electron chi connectivity index (χ0n) is 9.53. The molecule has 9 heteroatoms. The third-order valence-corrected chi connectivity index (χ3v) is 2.92. The molecule has 0 spiro atoms. The van der Waals surface area contributed by atoms with Crippen LogP contribution < -0.4 is 5.32 Å². The minimum atomic E-state index is -4.67. The fourth-order valence-electron chi connectivity index (χ4n) is 1.33. The number of hydrogen-bond acceptors (Lipinski definition) is 2. The molecule has 1 N–H and O–H groups in total. The highest BCUT2D eigenvalue weighted by Crippen LogP contribution is 2.36. The average Bonchev–Trinajstić information content (AvgIpc) is 2.24. The Morgan fingerprint density at radius 2 is 1.84 bits per heavy atom. The molecule has 1 atom stereocenters. The van der Waals surface area contributed by atoms with Crippen molar-refractivity contribution >= 4 is 21.7 Å². The Hall–Kier alpha value is -0.990. The van der Waals surface area contributed by atoms with E-state index in [1.54, 1.807) is 0 Å². The monoisotopic (exact) mass is 350 g/mol. The molecular formula is C10H9BrF6N2. The van der Waals surface area contributed by atoms with Crippen molar-refractivity contribution in [2.45, 2.75) is 31.7 Å². The van der Waals surface area contributed by atoms with Gasteiger partial charge in [0.1, 0.15) is 11.9 Å². The number of nitrogens with zero attached hydrogens (tertiary/aromatic N) is 1. The third kappa shape index (κ3) is 4.26. The molecule has 108 valence electrons. The maximum absolute atomic E-state index is 12.6. The molecule has 0 saturated carbocycles. The van der Waals surface area contributed by atoms with Crippen molar-refractivity contribution in [2.24, 2.45) is 0 Å².